The van der Waals surface area contributed by atoms with Gasteiger partial charge in [-0.3, -0.25) is 9.69 Å². The lowest BCUT2D eigenvalue weighted by molar-refractivity contribution is -0.118. The van der Waals surface area contributed by atoms with E-state index in [0.29, 0.717) is 13.0 Å². The van der Waals surface area contributed by atoms with Crippen molar-refractivity contribution < 1.29 is 14.3 Å². The minimum Gasteiger partial charge on any atom is -0.497 e. The van der Waals surface area contributed by atoms with E-state index >= 15 is 0 Å². The molecular formula is C22H28N2O3S. The number of hydrogen-bond donors (Lipinski definition) is 0. The number of nitrogens with zero attached hydrogens (tertiary/aromatic N) is 2. The summed E-state index contributed by atoms with van der Waals surface area (Å²) in [6.45, 7) is 5.00. The second-order valence-corrected chi connectivity index (χ2v) is 7.78. The Labute approximate surface area is 171 Å². The number of amides is 1. The van der Waals surface area contributed by atoms with Gasteiger partial charge in [-0.15, -0.1) is 11.8 Å². The molecule has 0 radical (unpaired) electrons. The predicted molar refractivity (Wildman–Crippen MR) is 114 cm³/mol. The minimum atomic E-state index is 0.167. The lowest BCUT2D eigenvalue weighted by atomic mass is 10.2. The SMILES string of the molecule is COc1ccc(SCCC(=O)N(CCN2CCOCC2)c2ccccc2)cc1. The van der Waals surface area contributed by atoms with Crippen LogP contribution in [0.2, 0.25) is 0 Å². The summed E-state index contributed by atoms with van der Waals surface area (Å²) in [4.78, 5) is 18.4. The van der Waals surface area contributed by atoms with E-state index in [9.17, 15) is 4.79 Å². The molecule has 2 aromatic carbocycles. The van der Waals surface area contributed by atoms with Crippen LogP contribution >= 0.6 is 11.8 Å². The molecule has 3 rings (SSSR count). The summed E-state index contributed by atoms with van der Waals surface area (Å²) in [7, 11) is 1.66. The molecule has 1 aliphatic rings. The fourth-order valence-corrected chi connectivity index (χ4v) is 3.98. The minimum absolute atomic E-state index is 0.167. The zero-order chi connectivity index (χ0) is 19.6. The Morgan fingerprint density at radius 3 is 2.50 bits per heavy atom. The van der Waals surface area contributed by atoms with Crippen LogP contribution in [0.25, 0.3) is 0 Å². The van der Waals surface area contributed by atoms with Crippen molar-refractivity contribution in [2.24, 2.45) is 0 Å². The number of methoxy groups -OCH3 is 1. The largest absolute Gasteiger partial charge is 0.497 e. The number of thioether (sulfide) groups is 1. The smallest absolute Gasteiger partial charge is 0.227 e. The summed E-state index contributed by atoms with van der Waals surface area (Å²) in [5.74, 6) is 1.77. The zero-order valence-corrected chi connectivity index (χ0v) is 17.2. The van der Waals surface area contributed by atoms with Crippen LogP contribution in [-0.4, -0.2) is 63.1 Å². The molecule has 1 aliphatic heterocycles. The van der Waals surface area contributed by atoms with Gasteiger partial charge in [0.15, 0.2) is 0 Å². The van der Waals surface area contributed by atoms with E-state index in [1.54, 1.807) is 18.9 Å². The fraction of sp³-hybridized carbons (Fsp3) is 0.409. The van der Waals surface area contributed by atoms with E-state index in [4.69, 9.17) is 9.47 Å². The van der Waals surface area contributed by atoms with Crippen molar-refractivity contribution in [2.75, 3.05) is 57.2 Å². The summed E-state index contributed by atoms with van der Waals surface area (Å²) in [6.07, 6.45) is 0.509. The van der Waals surface area contributed by atoms with Crippen molar-refractivity contribution in [1.82, 2.24) is 4.90 Å². The molecule has 0 unspecified atom stereocenters. The molecular weight excluding hydrogens is 372 g/mol. The van der Waals surface area contributed by atoms with Gasteiger partial charge >= 0.3 is 0 Å². The van der Waals surface area contributed by atoms with Gasteiger partial charge in [0, 0.05) is 48.9 Å². The Balaban J connectivity index is 1.54. The standard InChI is InChI=1S/C22H28N2O3S/c1-26-20-7-9-21(10-8-20)28-18-11-22(25)24(19-5-3-2-4-6-19)13-12-23-14-16-27-17-15-23/h2-10H,11-18H2,1H3. The highest BCUT2D eigenvalue weighted by Gasteiger charge is 2.18. The first-order valence-corrected chi connectivity index (χ1v) is 10.7. The second-order valence-electron chi connectivity index (χ2n) is 6.61. The van der Waals surface area contributed by atoms with Crippen LogP contribution in [0.15, 0.2) is 59.5 Å². The zero-order valence-electron chi connectivity index (χ0n) is 16.4. The predicted octanol–water partition coefficient (Wildman–Crippen LogP) is 3.54. The first-order valence-electron chi connectivity index (χ1n) is 9.68. The van der Waals surface area contributed by atoms with Gasteiger partial charge in [-0.2, -0.15) is 0 Å². The summed E-state index contributed by atoms with van der Waals surface area (Å²) < 4.78 is 10.6. The number of morpholine rings is 1. The van der Waals surface area contributed by atoms with Gasteiger partial charge in [-0.05, 0) is 36.4 Å². The average molecular weight is 401 g/mol. The Morgan fingerprint density at radius 2 is 1.82 bits per heavy atom. The van der Waals surface area contributed by atoms with Crippen molar-refractivity contribution >= 4 is 23.4 Å². The maximum Gasteiger partial charge on any atom is 0.227 e. The van der Waals surface area contributed by atoms with Gasteiger partial charge in [0.1, 0.15) is 5.75 Å². The van der Waals surface area contributed by atoms with Crippen molar-refractivity contribution in [3.63, 3.8) is 0 Å². The van der Waals surface area contributed by atoms with Gasteiger partial charge < -0.3 is 14.4 Å². The number of hydrogen-bond acceptors (Lipinski definition) is 5. The highest BCUT2D eigenvalue weighted by atomic mass is 32.2. The lowest BCUT2D eigenvalue weighted by Crippen LogP contribution is -2.43. The molecule has 1 fully saturated rings. The maximum atomic E-state index is 13.0. The Morgan fingerprint density at radius 1 is 1.11 bits per heavy atom. The Hall–Kier alpha value is -2.02. The van der Waals surface area contributed by atoms with Gasteiger partial charge in [0.2, 0.25) is 5.91 Å². The van der Waals surface area contributed by atoms with Crippen LogP contribution in [-0.2, 0) is 9.53 Å². The van der Waals surface area contributed by atoms with E-state index in [0.717, 1.165) is 54.9 Å². The molecule has 0 aromatic heterocycles. The topological polar surface area (TPSA) is 42.0 Å². The fourth-order valence-electron chi connectivity index (χ4n) is 3.14. The quantitative estimate of drug-likeness (QED) is 0.602. The monoisotopic (exact) mass is 400 g/mol. The number of carbonyl (C=O) groups is 1. The summed E-state index contributed by atoms with van der Waals surface area (Å²) >= 11 is 1.70. The summed E-state index contributed by atoms with van der Waals surface area (Å²) in [6, 6.07) is 17.9. The lowest BCUT2D eigenvalue weighted by Gasteiger charge is -2.30. The molecule has 0 aliphatic carbocycles. The molecule has 0 atom stereocenters. The molecule has 6 heteroatoms. The molecule has 2 aromatic rings. The average Bonchev–Trinajstić information content (AvgIpc) is 2.76. The van der Waals surface area contributed by atoms with Crippen LogP contribution in [0, 0.1) is 0 Å². The molecule has 0 bridgehead atoms. The summed E-state index contributed by atoms with van der Waals surface area (Å²) in [5, 5.41) is 0. The van der Waals surface area contributed by atoms with Crippen molar-refractivity contribution in [3.8, 4) is 5.75 Å². The molecule has 0 N–H and O–H groups in total. The van der Waals surface area contributed by atoms with E-state index in [2.05, 4.69) is 4.90 Å². The second kappa shape index (κ2) is 11.1. The van der Waals surface area contributed by atoms with Crippen molar-refractivity contribution in [3.05, 3.63) is 54.6 Å². The molecule has 1 saturated heterocycles. The van der Waals surface area contributed by atoms with Crippen molar-refractivity contribution in [2.45, 2.75) is 11.3 Å². The number of benzene rings is 2. The van der Waals surface area contributed by atoms with Crippen LogP contribution in [0.4, 0.5) is 5.69 Å². The molecule has 0 spiro atoms. The van der Waals surface area contributed by atoms with E-state index in [1.165, 1.54) is 0 Å². The molecule has 1 heterocycles. The van der Waals surface area contributed by atoms with Gasteiger partial charge in [-0.25, -0.2) is 0 Å². The molecule has 0 saturated carbocycles. The first kappa shape index (κ1) is 20.7. The van der Waals surface area contributed by atoms with E-state index in [-0.39, 0.29) is 5.91 Å². The third-order valence-corrected chi connectivity index (χ3v) is 5.77. The summed E-state index contributed by atoms with van der Waals surface area (Å²) in [5.41, 5.74) is 0.968. The molecule has 150 valence electrons. The van der Waals surface area contributed by atoms with E-state index in [1.807, 2.05) is 59.5 Å². The highest BCUT2D eigenvalue weighted by molar-refractivity contribution is 7.99. The normalized spacial score (nSPS) is 14.6. The van der Waals surface area contributed by atoms with Gasteiger partial charge in [-0.1, -0.05) is 18.2 Å². The third-order valence-electron chi connectivity index (χ3n) is 4.76. The number of para-hydroxylation sites is 1. The highest BCUT2D eigenvalue weighted by Crippen LogP contribution is 2.23. The van der Waals surface area contributed by atoms with Crippen LogP contribution < -0.4 is 9.64 Å². The number of rotatable bonds is 9. The van der Waals surface area contributed by atoms with Crippen molar-refractivity contribution in [1.29, 1.82) is 0 Å². The van der Waals surface area contributed by atoms with Gasteiger partial charge in [0.05, 0.1) is 20.3 Å². The Kier molecular flexibility index (Phi) is 8.21. The number of anilines is 1. The maximum absolute atomic E-state index is 13.0. The molecule has 1 amide bonds. The first-order chi connectivity index (χ1) is 13.8. The number of ether oxygens (including phenoxy) is 2. The molecule has 5 nitrogen and oxygen atoms in total. The molecule has 28 heavy (non-hydrogen) atoms. The van der Waals surface area contributed by atoms with E-state index < -0.39 is 0 Å². The third kappa shape index (κ3) is 6.26. The van der Waals surface area contributed by atoms with Crippen LogP contribution in [0.1, 0.15) is 6.42 Å². The Bertz CT molecular complexity index is 718. The number of carbonyl (C=O) groups excluding carboxylic acids is 1. The van der Waals surface area contributed by atoms with Gasteiger partial charge in [0.25, 0.3) is 0 Å². The van der Waals surface area contributed by atoms with Crippen LogP contribution in [0.3, 0.4) is 0 Å². The van der Waals surface area contributed by atoms with Crippen LogP contribution in [0.5, 0.6) is 5.75 Å².